The summed E-state index contributed by atoms with van der Waals surface area (Å²) >= 11 is 0. The lowest BCUT2D eigenvalue weighted by Gasteiger charge is -2.23. The van der Waals surface area contributed by atoms with Gasteiger partial charge in [0.1, 0.15) is 10.5 Å². The predicted molar refractivity (Wildman–Crippen MR) is 62.0 cm³/mol. The molecule has 0 aromatic heterocycles. The summed E-state index contributed by atoms with van der Waals surface area (Å²) in [5.74, 6) is 0. The topological polar surface area (TPSA) is 21.3 Å². The van der Waals surface area contributed by atoms with Crippen LogP contribution in [0.25, 0.3) is 0 Å². The van der Waals surface area contributed by atoms with Crippen LogP contribution in [0.1, 0.15) is 33.1 Å². The van der Waals surface area contributed by atoms with Gasteiger partial charge in [0.25, 0.3) is 0 Å². The van der Waals surface area contributed by atoms with E-state index in [1.54, 1.807) is 0 Å². The highest BCUT2D eigenvalue weighted by atomic mass is 28.2. The maximum atomic E-state index is 5.47. The summed E-state index contributed by atoms with van der Waals surface area (Å²) in [6, 6.07) is 0. The van der Waals surface area contributed by atoms with Crippen molar-refractivity contribution < 1.29 is 4.43 Å². The van der Waals surface area contributed by atoms with E-state index in [0.29, 0.717) is 0 Å². The maximum Gasteiger partial charge on any atom is 0.146 e. The number of hydrogen-bond donors (Lipinski definition) is 1. The highest BCUT2D eigenvalue weighted by Gasteiger charge is 2.13. The van der Waals surface area contributed by atoms with Crippen LogP contribution in [0.2, 0.25) is 0 Å². The highest BCUT2D eigenvalue weighted by molar-refractivity contribution is 5.98. The molecule has 0 aliphatic carbocycles. The minimum atomic E-state index is 0.102. The molecule has 0 aliphatic heterocycles. The fourth-order valence-corrected chi connectivity index (χ4v) is 1.31. The van der Waals surface area contributed by atoms with Gasteiger partial charge in [-0.25, -0.2) is 0 Å². The van der Waals surface area contributed by atoms with Crippen LogP contribution in [-0.2, 0) is 4.43 Å². The molecule has 0 aliphatic rings. The molecule has 0 radical (unpaired) electrons. The van der Waals surface area contributed by atoms with Crippen LogP contribution in [0.4, 0.5) is 0 Å². The lowest BCUT2D eigenvalue weighted by molar-refractivity contribution is 0.109. The first kappa shape index (κ1) is 12.9. The van der Waals surface area contributed by atoms with Crippen molar-refractivity contribution in [2.24, 2.45) is 0 Å². The molecular formula is C10H23NOSi. The molecule has 0 rings (SSSR count). The molecule has 0 unspecified atom stereocenters. The first-order valence-electron chi connectivity index (χ1n) is 4.99. The second kappa shape index (κ2) is 7.30. The average molecular weight is 201 g/mol. The summed E-state index contributed by atoms with van der Waals surface area (Å²) in [5, 5.41) is 3.29. The SMILES string of the molecule is C=CCNCCCCC(C)(C)O[SiH3]. The summed E-state index contributed by atoms with van der Waals surface area (Å²) in [4.78, 5) is 0. The van der Waals surface area contributed by atoms with Crippen LogP contribution in [0, 0.1) is 0 Å². The zero-order chi connectivity index (χ0) is 10.2. The van der Waals surface area contributed by atoms with Gasteiger partial charge in [0.2, 0.25) is 0 Å². The summed E-state index contributed by atoms with van der Waals surface area (Å²) in [6.07, 6.45) is 5.51. The van der Waals surface area contributed by atoms with Crippen molar-refractivity contribution >= 4 is 10.5 Å². The first-order chi connectivity index (χ1) is 6.12. The van der Waals surface area contributed by atoms with E-state index in [-0.39, 0.29) is 5.60 Å². The van der Waals surface area contributed by atoms with Crippen LogP contribution < -0.4 is 5.32 Å². The Hall–Kier alpha value is -0.123. The second-order valence-corrected chi connectivity index (χ2v) is 4.32. The second-order valence-electron chi connectivity index (χ2n) is 3.91. The van der Waals surface area contributed by atoms with Gasteiger partial charge < -0.3 is 9.74 Å². The maximum absolute atomic E-state index is 5.47. The molecule has 0 fully saturated rings. The highest BCUT2D eigenvalue weighted by Crippen LogP contribution is 2.15. The van der Waals surface area contributed by atoms with E-state index in [1.807, 2.05) is 6.08 Å². The Labute approximate surface area is 85.3 Å². The van der Waals surface area contributed by atoms with Crippen molar-refractivity contribution in [2.75, 3.05) is 13.1 Å². The van der Waals surface area contributed by atoms with Crippen molar-refractivity contribution in [2.45, 2.75) is 38.7 Å². The Bertz CT molecular complexity index is 137. The Morgan fingerprint density at radius 3 is 2.69 bits per heavy atom. The molecule has 1 N–H and O–H groups in total. The van der Waals surface area contributed by atoms with E-state index >= 15 is 0 Å². The van der Waals surface area contributed by atoms with E-state index < -0.39 is 0 Å². The normalized spacial score (nSPS) is 11.8. The molecule has 78 valence electrons. The van der Waals surface area contributed by atoms with E-state index in [9.17, 15) is 0 Å². The largest absolute Gasteiger partial charge is 0.423 e. The Balaban J connectivity index is 3.20. The molecule has 3 heteroatoms. The quantitative estimate of drug-likeness (QED) is 0.359. The standard InChI is InChI=1S/C10H23NOSi/c1-4-8-11-9-6-5-7-10(2,3)12-13/h4,11H,1,5-9H2,2-3,13H3. The molecule has 0 amide bonds. The third-order valence-corrected chi connectivity index (χ3v) is 3.33. The van der Waals surface area contributed by atoms with Crippen LogP contribution in [0.15, 0.2) is 12.7 Å². The number of hydrogen-bond acceptors (Lipinski definition) is 2. The van der Waals surface area contributed by atoms with E-state index in [1.165, 1.54) is 12.8 Å². The lowest BCUT2D eigenvalue weighted by Crippen LogP contribution is -2.23. The van der Waals surface area contributed by atoms with Gasteiger partial charge in [-0.1, -0.05) is 6.08 Å². The number of unbranched alkanes of at least 4 members (excludes halogenated alkanes) is 1. The molecule has 0 heterocycles. The first-order valence-corrected chi connectivity index (χ1v) is 5.81. The van der Waals surface area contributed by atoms with E-state index in [0.717, 1.165) is 30.0 Å². The fraction of sp³-hybridized carbons (Fsp3) is 0.800. The summed E-state index contributed by atoms with van der Waals surface area (Å²) in [5.41, 5.74) is 0.102. The van der Waals surface area contributed by atoms with Crippen molar-refractivity contribution in [1.82, 2.24) is 5.32 Å². The third kappa shape index (κ3) is 8.21. The molecule has 0 saturated carbocycles. The fourth-order valence-electron chi connectivity index (χ4n) is 1.11. The van der Waals surface area contributed by atoms with Gasteiger partial charge in [-0.15, -0.1) is 6.58 Å². The molecule has 13 heavy (non-hydrogen) atoms. The smallest absolute Gasteiger partial charge is 0.146 e. The lowest BCUT2D eigenvalue weighted by atomic mass is 10.0. The van der Waals surface area contributed by atoms with Crippen molar-refractivity contribution in [1.29, 1.82) is 0 Å². The third-order valence-electron chi connectivity index (χ3n) is 2.22. The van der Waals surface area contributed by atoms with Gasteiger partial charge in [-0.2, -0.15) is 0 Å². The zero-order valence-electron chi connectivity index (χ0n) is 9.23. The van der Waals surface area contributed by atoms with Crippen LogP contribution in [0.5, 0.6) is 0 Å². The predicted octanol–water partition coefficient (Wildman–Crippen LogP) is 1.01. The Kier molecular flexibility index (Phi) is 7.23. The van der Waals surface area contributed by atoms with Crippen LogP contribution >= 0.6 is 0 Å². The van der Waals surface area contributed by atoms with Crippen LogP contribution in [-0.4, -0.2) is 29.2 Å². The van der Waals surface area contributed by atoms with Gasteiger partial charge in [-0.3, -0.25) is 0 Å². The van der Waals surface area contributed by atoms with Gasteiger partial charge in [-0.05, 0) is 39.7 Å². The van der Waals surface area contributed by atoms with Gasteiger partial charge in [0, 0.05) is 12.1 Å². The number of nitrogens with one attached hydrogen (secondary N) is 1. The molecule has 0 spiro atoms. The van der Waals surface area contributed by atoms with Gasteiger partial charge in [0.05, 0.1) is 0 Å². The summed E-state index contributed by atoms with van der Waals surface area (Å²) in [6.45, 7) is 9.98. The van der Waals surface area contributed by atoms with Crippen molar-refractivity contribution in [3.8, 4) is 0 Å². The molecule has 0 atom stereocenters. The van der Waals surface area contributed by atoms with Crippen molar-refractivity contribution in [3.05, 3.63) is 12.7 Å². The van der Waals surface area contributed by atoms with Gasteiger partial charge >= 0.3 is 0 Å². The number of rotatable bonds is 8. The Morgan fingerprint density at radius 2 is 2.15 bits per heavy atom. The van der Waals surface area contributed by atoms with E-state index in [4.69, 9.17) is 4.43 Å². The molecular weight excluding hydrogens is 178 g/mol. The minimum Gasteiger partial charge on any atom is -0.423 e. The van der Waals surface area contributed by atoms with Gasteiger partial charge in [0.15, 0.2) is 0 Å². The molecule has 0 saturated heterocycles. The summed E-state index contributed by atoms with van der Waals surface area (Å²) < 4.78 is 5.47. The summed E-state index contributed by atoms with van der Waals surface area (Å²) in [7, 11) is 0.839. The molecule has 0 aromatic rings. The average Bonchev–Trinajstić information content (AvgIpc) is 2.11. The van der Waals surface area contributed by atoms with Crippen LogP contribution in [0.3, 0.4) is 0 Å². The molecule has 0 aromatic carbocycles. The zero-order valence-corrected chi connectivity index (χ0v) is 11.2. The van der Waals surface area contributed by atoms with E-state index in [2.05, 4.69) is 25.7 Å². The monoisotopic (exact) mass is 201 g/mol. The minimum absolute atomic E-state index is 0.102. The molecule has 2 nitrogen and oxygen atoms in total. The molecule has 0 bridgehead atoms. The van der Waals surface area contributed by atoms with Crippen molar-refractivity contribution in [3.63, 3.8) is 0 Å². The Morgan fingerprint density at radius 1 is 1.46 bits per heavy atom.